The molecular weight excluding hydrogens is 386 g/mol. The van der Waals surface area contributed by atoms with Crippen LogP contribution in [0.4, 0.5) is 5.69 Å². The second-order valence-electron chi connectivity index (χ2n) is 4.43. The van der Waals surface area contributed by atoms with E-state index in [1.54, 1.807) is 12.1 Å². The van der Waals surface area contributed by atoms with Gasteiger partial charge >= 0.3 is 5.97 Å². The van der Waals surface area contributed by atoms with Gasteiger partial charge in [0, 0.05) is 28.1 Å². The number of carbonyl (C=O) groups is 2. The van der Waals surface area contributed by atoms with Crippen molar-refractivity contribution in [3.8, 4) is 0 Å². The van der Waals surface area contributed by atoms with Crippen molar-refractivity contribution in [2.24, 2.45) is 0 Å². The summed E-state index contributed by atoms with van der Waals surface area (Å²) in [6, 6.07) is 4.77. The molecule has 1 aromatic carbocycles. The van der Waals surface area contributed by atoms with E-state index in [0.29, 0.717) is 4.47 Å². The molecule has 0 N–H and O–H groups in total. The van der Waals surface area contributed by atoms with Gasteiger partial charge in [0.25, 0.3) is 0 Å². The summed E-state index contributed by atoms with van der Waals surface area (Å²) in [6.45, 7) is -0.0999. The number of benzene rings is 1. The van der Waals surface area contributed by atoms with Crippen molar-refractivity contribution in [3.05, 3.63) is 28.2 Å². The summed E-state index contributed by atoms with van der Waals surface area (Å²) >= 11 is 3.27. The van der Waals surface area contributed by atoms with Gasteiger partial charge < -0.3 is 9.64 Å². The first-order valence-electron chi connectivity index (χ1n) is 5.86. The summed E-state index contributed by atoms with van der Waals surface area (Å²) in [6.07, 6.45) is -0.215. The number of methoxy groups -OCH3 is 1. The summed E-state index contributed by atoms with van der Waals surface area (Å²) in [4.78, 5) is 25.1. The first-order chi connectivity index (χ1) is 9.75. The van der Waals surface area contributed by atoms with E-state index in [0.717, 1.165) is 0 Å². The fourth-order valence-corrected chi connectivity index (χ4v) is 3.75. The second kappa shape index (κ2) is 5.94. The van der Waals surface area contributed by atoms with Crippen LogP contribution in [0.2, 0.25) is 0 Å². The molecule has 9 heteroatoms. The Balaban J connectivity index is 2.48. The van der Waals surface area contributed by atoms with Gasteiger partial charge in [-0.2, -0.15) is 0 Å². The number of anilines is 1. The third kappa shape index (κ3) is 3.22. The molecule has 2 rings (SSSR count). The molecule has 1 amide bonds. The van der Waals surface area contributed by atoms with E-state index in [1.807, 2.05) is 0 Å². The quantitative estimate of drug-likeness (QED) is 0.576. The molecule has 0 radical (unpaired) electrons. The molecule has 114 valence electrons. The van der Waals surface area contributed by atoms with Gasteiger partial charge in [-0.15, -0.1) is 0 Å². The van der Waals surface area contributed by atoms with Gasteiger partial charge in [-0.1, -0.05) is 6.07 Å². The maximum Gasteiger partial charge on any atom is 0.340 e. The number of carbonyl (C=O) groups excluding carboxylic acids is 2. The molecule has 0 bridgehead atoms. The van der Waals surface area contributed by atoms with Gasteiger partial charge in [-0.25, -0.2) is 13.2 Å². The summed E-state index contributed by atoms with van der Waals surface area (Å²) in [5.74, 6) is -1.03. The lowest BCUT2D eigenvalue weighted by atomic mass is 10.1. The third-order valence-electron chi connectivity index (χ3n) is 3.15. The fourth-order valence-electron chi connectivity index (χ4n) is 2.14. The molecule has 0 saturated carbocycles. The number of halogens is 2. The Morgan fingerprint density at radius 1 is 1.48 bits per heavy atom. The summed E-state index contributed by atoms with van der Waals surface area (Å²) in [5, 5.41) is -0.996. The third-order valence-corrected chi connectivity index (χ3v) is 5.66. The van der Waals surface area contributed by atoms with Crippen molar-refractivity contribution in [2.45, 2.75) is 11.7 Å². The highest BCUT2D eigenvalue weighted by molar-refractivity contribution is 9.10. The maximum absolute atomic E-state index is 12.1. The van der Waals surface area contributed by atoms with Crippen LogP contribution in [0, 0.1) is 0 Å². The van der Waals surface area contributed by atoms with E-state index in [9.17, 15) is 18.0 Å². The number of para-hydroxylation sites is 1. The van der Waals surface area contributed by atoms with Gasteiger partial charge in [-0.05, 0) is 28.1 Å². The largest absolute Gasteiger partial charge is 0.465 e. The van der Waals surface area contributed by atoms with Crippen molar-refractivity contribution in [1.29, 1.82) is 0 Å². The van der Waals surface area contributed by atoms with Gasteiger partial charge in [0.15, 0.2) is 0 Å². The van der Waals surface area contributed by atoms with E-state index < -0.39 is 26.2 Å². The Morgan fingerprint density at radius 2 is 2.14 bits per heavy atom. The molecule has 1 heterocycles. The van der Waals surface area contributed by atoms with Crippen molar-refractivity contribution >= 4 is 53.2 Å². The zero-order valence-electron chi connectivity index (χ0n) is 10.9. The highest BCUT2D eigenvalue weighted by Gasteiger charge is 2.40. The summed E-state index contributed by atoms with van der Waals surface area (Å²) in [7, 11) is 2.69. The Kier molecular flexibility index (Phi) is 4.60. The standard InChI is InChI=1S/C12H11BrClNO5S/c1-20-12(17)8-3-2-4-9(13)11(8)15-6-7(5-10(15)16)21(14,18)19/h2-4,7H,5-6H2,1H3. The molecule has 21 heavy (non-hydrogen) atoms. The Hall–Kier alpha value is -1.12. The Bertz CT molecular complexity index is 706. The van der Waals surface area contributed by atoms with Crippen LogP contribution < -0.4 is 4.90 Å². The molecule has 1 aromatic rings. The Morgan fingerprint density at radius 3 is 2.67 bits per heavy atom. The predicted molar refractivity (Wildman–Crippen MR) is 81.0 cm³/mol. The van der Waals surface area contributed by atoms with Crippen LogP contribution in [0.1, 0.15) is 16.8 Å². The van der Waals surface area contributed by atoms with E-state index in [1.165, 1.54) is 18.1 Å². The number of esters is 1. The molecule has 6 nitrogen and oxygen atoms in total. The lowest BCUT2D eigenvalue weighted by Gasteiger charge is -2.20. The fraction of sp³-hybridized carbons (Fsp3) is 0.333. The zero-order valence-corrected chi connectivity index (χ0v) is 14.0. The minimum atomic E-state index is -3.85. The number of hydrogen-bond acceptors (Lipinski definition) is 5. The molecule has 1 unspecified atom stereocenters. The van der Waals surface area contributed by atoms with Crippen LogP contribution in [-0.2, 0) is 18.6 Å². The highest BCUT2D eigenvalue weighted by Crippen LogP contribution is 2.35. The minimum absolute atomic E-state index is 0.0999. The van der Waals surface area contributed by atoms with Crippen LogP contribution in [0.15, 0.2) is 22.7 Å². The van der Waals surface area contributed by atoms with E-state index in [4.69, 9.17) is 10.7 Å². The summed E-state index contributed by atoms with van der Waals surface area (Å²) in [5.41, 5.74) is 0.463. The van der Waals surface area contributed by atoms with Crippen molar-refractivity contribution in [2.75, 3.05) is 18.6 Å². The molecular formula is C12H11BrClNO5S. The summed E-state index contributed by atoms with van der Waals surface area (Å²) < 4.78 is 28.0. The van der Waals surface area contributed by atoms with Gasteiger partial charge in [-0.3, -0.25) is 4.79 Å². The first kappa shape index (κ1) is 16.3. The van der Waals surface area contributed by atoms with Crippen LogP contribution in [-0.4, -0.2) is 39.2 Å². The molecule has 1 aliphatic heterocycles. The smallest absolute Gasteiger partial charge is 0.340 e. The van der Waals surface area contributed by atoms with Gasteiger partial charge in [0.2, 0.25) is 15.0 Å². The van der Waals surface area contributed by atoms with Crippen molar-refractivity contribution in [1.82, 2.24) is 0 Å². The second-order valence-corrected chi connectivity index (χ2v) is 8.20. The minimum Gasteiger partial charge on any atom is -0.465 e. The lowest BCUT2D eigenvalue weighted by molar-refractivity contribution is -0.117. The van der Waals surface area contributed by atoms with Gasteiger partial charge in [0.1, 0.15) is 5.25 Å². The first-order valence-corrected chi connectivity index (χ1v) is 9.03. The van der Waals surface area contributed by atoms with Crippen molar-refractivity contribution in [3.63, 3.8) is 0 Å². The number of ether oxygens (including phenoxy) is 1. The monoisotopic (exact) mass is 395 g/mol. The van der Waals surface area contributed by atoms with Crippen molar-refractivity contribution < 1.29 is 22.7 Å². The average Bonchev–Trinajstić information content (AvgIpc) is 2.79. The molecule has 1 atom stereocenters. The average molecular weight is 397 g/mol. The van der Waals surface area contributed by atoms with E-state index in [-0.39, 0.29) is 24.2 Å². The van der Waals surface area contributed by atoms with Crippen LogP contribution in [0.25, 0.3) is 0 Å². The predicted octanol–water partition coefficient (Wildman–Crippen LogP) is 1.91. The molecule has 0 spiro atoms. The Labute approximate surface area is 134 Å². The highest BCUT2D eigenvalue weighted by atomic mass is 79.9. The van der Waals surface area contributed by atoms with E-state index >= 15 is 0 Å². The van der Waals surface area contributed by atoms with Crippen LogP contribution in [0.5, 0.6) is 0 Å². The number of hydrogen-bond donors (Lipinski definition) is 0. The normalized spacial score (nSPS) is 18.9. The van der Waals surface area contributed by atoms with E-state index in [2.05, 4.69) is 20.7 Å². The molecule has 0 aliphatic carbocycles. The van der Waals surface area contributed by atoms with Crippen LogP contribution in [0.3, 0.4) is 0 Å². The number of rotatable bonds is 3. The topological polar surface area (TPSA) is 80.8 Å². The molecule has 0 aromatic heterocycles. The molecule has 1 fully saturated rings. The number of nitrogens with zero attached hydrogens (tertiary/aromatic N) is 1. The van der Waals surface area contributed by atoms with Gasteiger partial charge in [0.05, 0.1) is 18.4 Å². The maximum atomic E-state index is 12.1. The lowest BCUT2D eigenvalue weighted by Crippen LogP contribution is -2.29. The van der Waals surface area contributed by atoms with Crippen LogP contribution >= 0.6 is 26.6 Å². The zero-order chi connectivity index (χ0) is 15.8. The SMILES string of the molecule is COC(=O)c1cccc(Br)c1N1CC(S(=O)(=O)Cl)CC1=O. The number of amides is 1. The molecule has 1 aliphatic rings. The molecule has 1 saturated heterocycles.